The van der Waals surface area contributed by atoms with Crippen LogP contribution in [0.25, 0.3) is 11.0 Å². The summed E-state index contributed by atoms with van der Waals surface area (Å²) < 4.78 is 2.29. The summed E-state index contributed by atoms with van der Waals surface area (Å²) in [6, 6.07) is 23.7. The quantitative estimate of drug-likeness (QED) is 0.409. The van der Waals surface area contributed by atoms with Crippen LogP contribution in [0.2, 0.25) is 5.02 Å². The largest absolute Gasteiger partial charge is 0.352 e. The molecule has 1 N–H and O–H groups in total. The van der Waals surface area contributed by atoms with E-state index >= 15 is 0 Å². The summed E-state index contributed by atoms with van der Waals surface area (Å²) in [7, 11) is 0. The van der Waals surface area contributed by atoms with E-state index in [0.29, 0.717) is 17.1 Å². The zero-order chi connectivity index (χ0) is 20.9. The minimum Gasteiger partial charge on any atom is -0.352 e. The maximum Gasteiger partial charge on any atom is 0.251 e. The first-order valence-corrected chi connectivity index (χ1v) is 10.5. The molecular formula is C25H24ClN3O. The van der Waals surface area contributed by atoms with E-state index in [1.54, 1.807) is 24.3 Å². The number of carbonyl (C=O) groups is 1. The number of carbonyl (C=O) groups excluding carboxylic acids is 1. The van der Waals surface area contributed by atoms with Gasteiger partial charge in [-0.1, -0.05) is 54.1 Å². The number of halogens is 1. The Kier molecular flexibility index (Phi) is 6.15. The highest BCUT2D eigenvalue weighted by Crippen LogP contribution is 2.20. The number of benzene rings is 3. The Hall–Kier alpha value is -3.11. The average molecular weight is 418 g/mol. The van der Waals surface area contributed by atoms with E-state index in [-0.39, 0.29) is 5.91 Å². The molecule has 1 heterocycles. The van der Waals surface area contributed by atoms with Crippen molar-refractivity contribution < 1.29 is 4.79 Å². The first-order valence-electron chi connectivity index (χ1n) is 10.1. The zero-order valence-corrected chi connectivity index (χ0v) is 17.7. The van der Waals surface area contributed by atoms with E-state index in [0.717, 1.165) is 36.2 Å². The summed E-state index contributed by atoms with van der Waals surface area (Å²) >= 11 is 5.97. The van der Waals surface area contributed by atoms with Crippen LogP contribution in [0, 0.1) is 6.92 Å². The Morgan fingerprint density at radius 1 is 1.03 bits per heavy atom. The Bertz CT molecular complexity index is 1180. The van der Waals surface area contributed by atoms with E-state index in [1.165, 1.54) is 11.1 Å². The number of aromatic nitrogens is 2. The van der Waals surface area contributed by atoms with Gasteiger partial charge in [-0.3, -0.25) is 4.79 Å². The van der Waals surface area contributed by atoms with Gasteiger partial charge in [-0.15, -0.1) is 0 Å². The van der Waals surface area contributed by atoms with Gasteiger partial charge in [0.2, 0.25) is 0 Å². The molecule has 0 atom stereocenters. The predicted molar refractivity (Wildman–Crippen MR) is 122 cm³/mol. The molecule has 5 heteroatoms. The number of nitrogens with one attached hydrogen (secondary N) is 1. The summed E-state index contributed by atoms with van der Waals surface area (Å²) in [5.41, 5.74) is 5.28. The van der Waals surface area contributed by atoms with Gasteiger partial charge < -0.3 is 9.88 Å². The summed E-state index contributed by atoms with van der Waals surface area (Å²) in [6.45, 7) is 3.51. The van der Waals surface area contributed by atoms with Crippen molar-refractivity contribution in [3.63, 3.8) is 0 Å². The van der Waals surface area contributed by atoms with Crippen LogP contribution in [0.15, 0.2) is 72.8 Å². The number of amides is 1. The Morgan fingerprint density at radius 2 is 1.83 bits per heavy atom. The third kappa shape index (κ3) is 4.55. The van der Waals surface area contributed by atoms with Gasteiger partial charge in [0.25, 0.3) is 5.91 Å². The SMILES string of the molecule is Cc1ccccc1Cn1c(CCCNC(=O)c2cccc(Cl)c2)nc2ccccc21. The van der Waals surface area contributed by atoms with Crippen LogP contribution in [-0.4, -0.2) is 22.0 Å². The van der Waals surface area contributed by atoms with Crippen molar-refractivity contribution in [1.82, 2.24) is 14.9 Å². The topological polar surface area (TPSA) is 46.9 Å². The highest BCUT2D eigenvalue weighted by atomic mass is 35.5. The molecule has 4 rings (SSSR count). The number of nitrogens with zero attached hydrogens (tertiary/aromatic N) is 2. The fourth-order valence-electron chi connectivity index (χ4n) is 3.63. The highest BCUT2D eigenvalue weighted by Gasteiger charge is 2.12. The van der Waals surface area contributed by atoms with Gasteiger partial charge in [-0.05, 0) is 54.8 Å². The normalized spacial score (nSPS) is 11.0. The molecule has 0 bridgehead atoms. The Labute approximate surface area is 181 Å². The third-order valence-electron chi connectivity index (χ3n) is 5.27. The van der Waals surface area contributed by atoms with Crippen LogP contribution in [0.1, 0.15) is 33.7 Å². The van der Waals surface area contributed by atoms with Gasteiger partial charge in [0, 0.05) is 30.1 Å². The van der Waals surface area contributed by atoms with Gasteiger partial charge in [-0.25, -0.2) is 4.98 Å². The number of imidazole rings is 1. The summed E-state index contributed by atoms with van der Waals surface area (Å²) in [5.74, 6) is 0.933. The van der Waals surface area contributed by atoms with Crippen LogP contribution in [0.5, 0.6) is 0 Å². The van der Waals surface area contributed by atoms with Crippen LogP contribution in [0.4, 0.5) is 0 Å². The van der Waals surface area contributed by atoms with Crippen LogP contribution in [0.3, 0.4) is 0 Å². The molecule has 0 fully saturated rings. The molecule has 152 valence electrons. The van der Waals surface area contributed by atoms with E-state index in [9.17, 15) is 4.79 Å². The van der Waals surface area contributed by atoms with Crippen LogP contribution >= 0.6 is 11.6 Å². The molecule has 1 amide bonds. The van der Waals surface area contributed by atoms with Crippen LogP contribution in [-0.2, 0) is 13.0 Å². The maximum absolute atomic E-state index is 12.3. The number of fused-ring (bicyclic) bond motifs is 1. The van der Waals surface area contributed by atoms with E-state index < -0.39 is 0 Å². The predicted octanol–water partition coefficient (Wildman–Crippen LogP) is 5.41. The fraction of sp³-hybridized carbons (Fsp3) is 0.200. The maximum atomic E-state index is 12.3. The second-order valence-electron chi connectivity index (χ2n) is 7.40. The number of rotatable bonds is 7. The monoisotopic (exact) mass is 417 g/mol. The lowest BCUT2D eigenvalue weighted by Gasteiger charge is -2.12. The fourth-order valence-corrected chi connectivity index (χ4v) is 3.82. The van der Waals surface area contributed by atoms with Crippen molar-refractivity contribution in [2.75, 3.05) is 6.54 Å². The number of para-hydroxylation sites is 2. The highest BCUT2D eigenvalue weighted by molar-refractivity contribution is 6.30. The molecule has 3 aromatic carbocycles. The molecule has 0 aliphatic heterocycles. The second kappa shape index (κ2) is 9.14. The van der Waals surface area contributed by atoms with Crippen molar-refractivity contribution >= 4 is 28.5 Å². The minimum absolute atomic E-state index is 0.106. The molecule has 0 aliphatic carbocycles. The number of hydrogen-bond donors (Lipinski definition) is 1. The number of aryl methyl sites for hydroxylation is 2. The summed E-state index contributed by atoms with van der Waals surface area (Å²) in [5, 5.41) is 3.54. The minimum atomic E-state index is -0.106. The summed E-state index contributed by atoms with van der Waals surface area (Å²) in [4.78, 5) is 17.2. The van der Waals surface area contributed by atoms with Gasteiger partial charge in [0.1, 0.15) is 5.82 Å². The molecule has 0 unspecified atom stereocenters. The molecule has 30 heavy (non-hydrogen) atoms. The molecule has 0 aliphatic rings. The van der Waals surface area contributed by atoms with Crippen molar-refractivity contribution in [3.8, 4) is 0 Å². The molecule has 4 nitrogen and oxygen atoms in total. The second-order valence-corrected chi connectivity index (χ2v) is 7.84. The zero-order valence-electron chi connectivity index (χ0n) is 16.9. The average Bonchev–Trinajstić information content (AvgIpc) is 3.10. The first-order chi connectivity index (χ1) is 14.6. The number of hydrogen-bond acceptors (Lipinski definition) is 2. The molecule has 0 spiro atoms. The lowest BCUT2D eigenvalue weighted by atomic mass is 10.1. The van der Waals surface area contributed by atoms with Crippen LogP contribution < -0.4 is 5.32 Å². The Balaban J connectivity index is 1.46. The van der Waals surface area contributed by atoms with Gasteiger partial charge >= 0.3 is 0 Å². The lowest BCUT2D eigenvalue weighted by Crippen LogP contribution is -2.25. The molecule has 4 aromatic rings. The van der Waals surface area contributed by atoms with Crippen molar-refractivity contribution in [2.45, 2.75) is 26.3 Å². The van der Waals surface area contributed by atoms with Crippen molar-refractivity contribution in [3.05, 3.63) is 100 Å². The smallest absolute Gasteiger partial charge is 0.251 e. The summed E-state index contributed by atoms with van der Waals surface area (Å²) in [6.07, 6.45) is 1.60. The van der Waals surface area contributed by atoms with Crippen molar-refractivity contribution in [2.24, 2.45) is 0 Å². The van der Waals surface area contributed by atoms with Crippen molar-refractivity contribution in [1.29, 1.82) is 0 Å². The van der Waals surface area contributed by atoms with E-state index in [4.69, 9.17) is 16.6 Å². The molecule has 1 aromatic heterocycles. The lowest BCUT2D eigenvalue weighted by molar-refractivity contribution is 0.0953. The molecular weight excluding hydrogens is 394 g/mol. The molecule has 0 saturated heterocycles. The van der Waals surface area contributed by atoms with Gasteiger partial charge in [0.15, 0.2) is 0 Å². The first kappa shape index (κ1) is 20.2. The van der Waals surface area contributed by atoms with E-state index in [1.807, 2.05) is 18.2 Å². The van der Waals surface area contributed by atoms with E-state index in [2.05, 4.69) is 47.1 Å². The standard InChI is InChI=1S/C25H24ClN3O/c1-18-8-2-3-9-20(18)17-29-23-13-5-4-12-22(23)28-24(29)14-7-15-27-25(30)19-10-6-11-21(26)16-19/h2-6,8-13,16H,7,14-15,17H2,1H3,(H,27,30). The third-order valence-corrected chi connectivity index (χ3v) is 5.51. The van der Waals surface area contributed by atoms with Gasteiger partial charge in [0.05, 0.1) is 11.0 Å². The Morgan fingerprint density at radius 3 is 2.67 bits per heavy atom. The molecule has 0 saturated carbocycles. The molecule has 0 radical (unpaired) electrons. The van der Waals surface area contributed by atoms with Gasteiger partial charge in [-0.2, -0.15) is 0 Å².